The van der Waals surface area contributed by atoms with Gasteiger partial charge < -0.3 is 52.1 Å². The zero-order chi connectivity index (χ0) is 49.7. The molecule has 7 aromatic carbocycles. The molecule has 2 saturated heterocycles. The lowest BCUT2D eigenvalue weighted by atomic mass is 9.96. The summed E-state index contributed by atoms with van der Waals surface area (Å²) in [5.74, 6) is 0. The minimum absolute atomic E-state index is 0.00960. The highest BCUT2D eigenvalue weighted by Crippen LogP contribution is 2.35. The second-order valence-electron chi connectivity index (χ2n) is 18.2. The van der Waals surface area contributed by atoms with Crippen LogP contribution in [0.25, 0.3) is 0 Å². The van der Waals surface area contributed by atoms with Crippen LogP contribution >= 0.6 is 0 Å². The molecule has 73 heavy (non-hydrogen) atoms. The van der Waals surface area contributed by atoms with Crippen molar-refractivity contribution < 1.29 is 52.1 Å². The van der Waals surface area contributed by atoms with Crippen LogP contribution in [0.3, 0.4) is 0 Å². The molecule has 0 bridgehead atoms. The van der Waals surface area contributed by atoms with Crippen molar-refractivity contribution in [3.8, 4) is 0 Å². The normalized spacial score (nSPS) is 24.0. The summed E-state index contributed by atoms with van der Waals surface area (Å²) >= 11 is 0. The molecule has 0 radical (unpaired) electrons. The smallest absolute Gasteiger partial charge is 0.187 e. The van der Waals surface area contributed by atoms with E-state index in [1.165, 1.54) is 0 Å². The Balaban J connectivity index is 1.05. The molecule has 0 spiro atoms. The molecule has 2 fully saturated rings. The molecule has 10 atom stereocenters. The van der Waals surface area contributed by atoms with Gasteiger partial charge in [0.15, 0.2) is 12.6 Å². The van der Waals surface area contributed by atoms with Crippen LogP contribution in [0, 0.1) is 0 Å². The quantitative estimate of drug-likeness (QED) is 0.0518. The van der Waals surface area contributed by atoms with Gasteiger partial charge in [0, 0.05) is 7.11 Å². The van der Waals surface area contributed by atoms with Crippen LogP contribution in [0.1, 0.15) is 38.9 Å². The summed E-state index contributed by atoms with van der Waals surface area (Å²) in [4.78, 5) is 0. The second-order valence-corrected chi connectivity index (χ2v) is 18.2. The lowest BCUT2D eigenvalue weighted by Gasteiger charge is -2.48. The van der Waals surface area contributed by atoms with Crippen LogP contribution < -0.4 is 0 Å². The third-order valence-electron chi connectivity index (χ3n) is 12.9. The largest absolute Gasteiger partial charge is 0.374 e. The zero-order valence-electron chi connectivity index (χ0n) is 41.3. The first-order valence-electron chi connectivity index (χ1n) is 25.2. The predicted molar refractivity (Wildman–Crippen MR) is 276 cm³/mol. The summed E-state index contributed by atoms with van der Waals surface area (Å²) in [5.41, 5.74) is 7.00. The SMILES string of the molecule is CO[C@H]1O[C@H](CO[C@H]2O[C@H](COCc3ccccc3)[C@@H](OCc3ccccc3)[C@@H](OCc3ccccc3)[C@H]2OCc2ccccc2)[C@@H](OCc2ccccc2)[C@H](OCc2ccccc2)[C@H]1OCc1ccccc1. The van der Waals surface area contributed by atoms with Crippen molar-refractivity contribution in [1.82, 2.24) is 0 Å². The van der Waals surface area contributed by atoms with Crippen LogP contribution in [0.15, 0.2) is 212 Å². The molecule has 7 aromatic rings. The van der Waals surface area contributed by atoms with Crippen molar-refractivity contribution in [2.45, 2.75) is 108 Å². The number of hydrogen-bond acceptors (Lipinski definition) is 11. The van der Waals surface area contributed by atoms with Crippen molar-refractivity contribution in [3.05, 3.63) is 251 Å². The molecular weight excluding hydrogens is 921 g/mol. The minimum atomic E-state index is -0.999. The Kier molecular flexibility index (Phi) is 19.9. The Hall–Kier alpha value is -5.90. The molecular formula is C62H66O11. The molecule has 0 N–H and O–H groups in total. The summed E-state index contributed by atoms with van der Waals surface area (Å²) in [7, 11) is 1.61. The van der Waals surface area contributed by atoms with Crippen molar-refractivity contribution in [3.63, 3.8) is 0 Å². The second kappa shape index (κ2) is 28.0. The molecule has 9 rings (SSSR count). The van der Waals surface area contributed by atoms with E-state index in [2.05, 4.69) is 0 Å². The lowest BCUT2D eigenvalue weighted by Crippen LogP contribution is -2.64. The Labute approximate surface area is 429 Å². The molecule has 2 aliphatic heterocycles. The summed E-state index contributed by atoms with van der Waals surface area (Å²) in [6.07, 6.45) is -7.47. The Morgan fingerprint density at radius 1 is 0.274 bits per heavy atom. The Bertz CT molecular complexity index is 2560. The summed E-state index contributed by atoms with van der Waals surface area (Å²) in [5, 5.41) is 0. The van der Waals surface area contributed by atoms with E-state index >= 15 is 0 Å². The Morgan fingerprint density at radius 2 is 0.534 bits per heavy atom. The van der Waals surface area contributed by atoms with Gasteiger partial charge in [-0.1, -0.05) is 212 Å². The van der Waals surface area contributed by atoms with Gasteiger partial charge in [0.1, 0.15) is 48.8 Å². The van der Waals surface area contributed by atoms with Crippen LogP contribution in [0.4, 0.5) is 0 Å². The van der Waals surface area contributed by atoms with Crippen molar-refractivity contribution >= 4 is 0 Å². The van der Waals surface area contributed by atoms with E-state index in [0.29, 0.717) is 26.4 Å². The van der Waals surface area contributed by atoms with Gasteiger partial charge in [-0.05, 0) is 38.9 Å². The maximum Gasteiger partial charge on any atom is 0.187 e. The van der Waals surface area contributed by atoms with Crippen molar-refractivity contribution in [2.24, 2.45) is 0 Å². The van der Waals surface area contributed by atoms with Gasteiger partial charge >= 0.3 is 0 Å². The molecule has 11 nitrogen and oxygen atoms in total. The first-order chi connectivity index (χ1) is 36.2. The molecule has 11 heteroatoms. The van der Waals surface area contributed by atoms with Gasteiger partial charge in [-0.25, -0.2) is 0 Å². The van der Waals surface area contributed by atoms with E-state index in [1.54, 1.807) is 7.11 Å². The molecule has 2 aliphatic rings. The van der Waals surface area contributed by atoms with Gasteiger partial charge in [0.2, 0.25) is 0 Å². The molecule has 0 amide bonds. The maximum absolute atomic E-state index is 7.10. The molecule has 2 heterocycles. The van der Waals surface area contributed by atoms with E-state index in [9.17, 15) is 0 Å². The number of ether oxygens (including phenoxy) is 11. The van der Waals surface area contributed by atoms with Crippen LogP contribution in [0.5, 0.6) is 0 Å². The average molecular weight is 987 g/mol. The Morgan fingerprint density at radius 3 is 0.863 bits per heavy atom. The van der Waals surface area contributed by atoms with Gasteiger partial charge in [-0.2, -0.15) is 0 Å². The average Bonchev–Trinajstić information content (AvgIpc) is 3.45. The van der Waals surface area contributed by atoms with Gasteiger partial charge in [-0.15, -0.1) is 0 Å². The minimum Gasteiger partial charge on any atom is -0.374 e. The third kappa shape index (κ3) is 15.3. The van der Waals surface area contributed by atoms with E-state index in [4.69, 9.17) is 52.1 Å². The van der Waals surface area contributed by atoms with E-state index in [1.807, 2.05) is 212 Å². The molecule has 0 saturated carbocycles. The molecule has 380 valence electrons. The fourth-order valence-electron chi connectivity index (χ4n) is 9.14. The predicted octanol–water partition coefficient (Wildman–Crippen LogP) is 10.8. The molecule has 0 unspecified atom stereocenters. The van der Waals surface area contributed by atoms with Gasteiger partial charge in [0.25, 0.3) is 0 Å². The van der Waals surface area contributed by atoms with Crippen molar-refractivity contribution in [1.29, 1.82) is 0 Å². The molecule has 0 aromatic heterocycles. The zero-order valence-corrected chi connectivity index (χ0v) is 41.3. The fraction of sp³-hybridized carbons (Fsp3) is 0.323. The summed E-state index contributed by atoms with van der Waals surface area (Å²) < 4.78 is 75.2. The van der Waals surface area contributed by atoms with E-state index in [-0.39, 0.29) is 33.0 Å². The lowest BCUT2D eigenvalue weighted by molar-refractivity contribution is -0.351. The van der Waals surface area contributed by atoms with Gasteiger partial charge in [-0.3, -0.25) is 0 Å². The first kappa shape index (κ1) is 52.0. The first-order valence-corrected chi connectivity index (χ1v) is 25.2. The standard InChI is InChI=1S/C62H66O11/c1-63-61-59(69-42-51-33-19-7-20-34-51)57(67-40-49-29-15-5-16-30-49)56(66-39-48-27-13-4-14-28-48)54(72-61)45-71-62-60(70-43-52-35-21-8-22-36-52)58(68-41-50-31-17-6-18-32-50)55(65-38-47-25-11-3-12-26-47)53(73-62)44-64-37-46-23-9-2-10-24-46/h2-36,53-62H,37-45H2,1H3/t53-,54-,55-,56-,57+,58-,59-,60-,61+,62+/m1/s1. The topological polar surface area (TPSA) is 102 Å². The highest BCUT2D eigenvalue weighted by Gasteiger charge is 2.52. The molecule has 0 aliphatic carbocycles. The van der Waals surface area contributed by atoms with Gasteiger partial charge in [0.05, 0.1) is 59.5 Å². The van der Waals surface area contributed by atoms with Crippen LogP contribution in [0.2, 0.25) is 0 Å². The summed E-state index contributed by atoms with van der Waals surface area (Å²) in [6, 6.07) is 70.4. The number of rotatable bonds is 26. The number of hydrogen-bond donors (Lipinski definition) is 0. The highest BCUT2D eigenvalue weighted by molar-refractivity contribution is 5.19. The van der Waals surface area contributed by atoms with Crippen LogP contribution in [-0.2, 0) is 98.4 Å². The van der Waals surface area contributed by atoms with E-state index < -0.39 is 61.4 Å². The van der Waals surface area contributed by atoms with E-state index in [0.717, 1.165) is 38.9 Å². The highest BCUT2D eigenvalue weighted by atomic mass is 16.7. The van der Waals surface area contributed by atoms with Crippen molar-refractivity contribution in [2.75, 3.05) is 20.3 Å². The third-order valence-corrected chi connectivity index (χ3v) is 12.9. The monoisotopic (exact) mass is 986 g/mol. The summed E-state index contributed by atoms with van der Waals surface area (Å²) in [6.45, 7) is 2.25. The number of methoxy groups -OCH3 is 1. The van der Waals surface area contributed by atoms with Crippen LogP contribution in [-0.4, -0.2) is 81.7 Å². The maximum atomic E-state index is 7.10. The number of benzene rings is 7. The fourth-order valence-corrected chi connectivity index (χ4v) is 9.14.